The molecule has 2 aromatic heterocycles. The fourth-order valence-electron chi connectivity index (χ4n) is 4.15. The van der Waals surface area contributed by atoms with Crippen LogP contribution in [0.2, 0.25) is 0 Å². The van der Waals surface area contributed by atoms with E-state index in [1.807, 2.05) is 29.7 Å². The minimum atomic E-state index is -0.482. The topological polar surface area (TPSA) is 67.2 Å². The third-order valence-electron chi connectivity index (χ3n) is 5.87. The number of aromatic nitrogens is 2. The van der Waals surface area contributed by atoms with Crippen molar-refractivity contribution in [2.75, 3.05) is 32.8 Å². The molecular weight excluding hydrogens is 411 g/mol. The third kappa shape index (κ3) is 4.44. The molecule has 0 bridgehead atoms. The Morgan fingerprint density at radius 1 is 1.12 bits per heavy atom. The van der Waals surface area contributed by atoms with Gasteiger partial charge in [0.2, 0.25) is 5.91 Å². The average Bonchev–Trinajstić information content (AvgIpc) is 3.21. The first kappa shape index (κ1) is 21.8. The minimum Gasteiger partial charge on any atom is -0.450 e. The van der Waals surface area contributed by atoms with E-state index in [0.29, 0.717) is 38.3 Å². The van der Waals surface area contributed by atoms with Crippen LogP contribution in [0.1, 0.15) is 36.1 Å². The number of nitrogens with zero attached hydrogens (tertiary/aromatic N) is 4. The summed E-state index contributed by atoms with van der Waals surface area (Å²) in [5.41, 5.74) is 3.07. The molecule has 1 fully saturated rings. The number of piperazine rings is 1. The van der Waals surface area contributed by atoms with Crippen molar-refractivity contribution >= 4 is 17.6 Å². The first-order valence-corrected chi connectivity index (χ1v) is 10.9. The van der Waals surface area contributed by atoms with Crippen molar-refractivity contribution in [2.24, 2.45) is 0 Å². The lowest BCUT2D eigenvalue weighted by atomic mass is 9.91. The molecule has 0 radical (unpaired) electrons. The third-order valence-corrected chi connectivity index (χ3v) is 5.87. The SMILES string of the molecule is CCOC(=O)N1CCN(C(=O)CC(c2ccccc2F)c2cnc3cc(C)ccn23)CC1. The summed E-state index contributed by atoms with van der Waals surface area (Å²) < 4.78 is 21.7. The molecule has 7 nitrogen and oxygen atoms in total. The molecule has 0 aliphatic carbocycles. The highest BCUT2D eigenvalue weighted by Gasteiger charge is 2.29. The van der Waals surface area contributed by atoms with Gasteiger partial charge in [-0.1, -0.05) is 18.2 Å². The Morgan fingerprint density at radius 2 is 1.84 bits per heavy atom. The number of amides is 2. The van der Waals surface area contributed by atoms with Crippen molar-refractivity contribution in [1.82, 2.24) is 19.2 Å². The number of fused-ring (bicyclic) bond motifs is 1. The van der Waals surface area contributed by atoms with Crippen LogP contribution in [-0.4, -0.2) is 64.0 Å². The van der Waals surface area contributed by atoms with Gasteiger partial charge < -0.3 is 18.9 Å². The van der Waals surface area contributed by atoms with Gasteiger partial charge in [0.15, 0.2) is 0 Å². The maximum absolute atomic E-state index is 14.8. The molecule has 1 aromatic carbocycles. The van der Waals surface area contributed by atoms with Gasteiger partial charge in [-0.05, 0) is 43.2 Å². The highest BCUT2D eigenvalue weighted by molar-refractivity contribution is 5.78. The largest absolute Gasteiger partial charge is 0.450 e. The summed E-state index contributed by atoms with van der Waals surface area (Å²) in [6.07, 6.45) is 3.38. The van der Waals surface area contributed by atoms with Crippen LogP contribution in [0.25, 0.3) is 5.65 Å². The Labute approximate surface area is 186 Å². The summed E-state index contributed by atoms with van der Waals surface area (Å²) >= 11 is 0. The lowest BCUT2D eigenvalue weighted by Crippen LogP contribution is -2.51. The number of carbonyl (C=O) groups is 2. The molecule has 168 valence electrons. The fourth-order valence-corrected chi connectivity index (χ4v) is 4.15. The van der Waals surface area contributed by atoms with Gasteiger partial charge in [-0.2, -0.15) is 0 Å². The molecule has 1 atom stereocenters. The molecule has 1 aliphatic rings. The molecule has 4 rings (SSSR count). The van der Waals surface area contributed by atoms with Crippen LogP contribution in [0.5, 0.6) is 0 Å². The Kier molecular flexibility index (Phi) is 6.39. The van der Waals surface area contributed by atoms with E-state index in [-0.39, 0.29) is 24.2 Å². The van der Waals surface area contributed by atoms with Crippen molar-refractivity contribution in [3.8, 4) is 0 Å². The first-order chi connectivity index (χ1) is 15.5. The molecule has 1 aliphatic heterocycles. The van der Waals surface area contributed by atoms with Crippen LogP contribution in [0.15, 0.2) is 48.8 Å². The van der Waals surface area contributed by atoms with Gasteiger partial charge in [0.1, 0.15) is 11.5 Å². The highest BCUT2D eigenvalue weighted by Crippen LogP contribution is 2.31. The number of ether oxygens (including phenoxy) is 1. The standard InChI is InChI=1S/C24H27FN4O3/c1-3-32-24(31)28-12-10-27(11-13-28)23(30)15-19(18-6-4-5-7-20(18)25)21-16-26-22-14-17(2)8-9-29(21)22/h4-9,14,16,19H,3,10-13,15H2,1-2H3. The minimum absolute atomic E-state index is 0.0798. The Balaban J connectivity index is 1.57. The Hall–Kier alpha value is -3.42. The van der Waals surface area contributed by atoms with E-state index in [2.05, 4.69) is 4.98 Å². The van der Waals surface area contributed by atoms with E-state index in [1.54, 1.807) is 41.1 Å². The van der Waals surface area contributed by atoms with E-state index in [0.717, 1.165) is 16.9 Å². The van der Waals surface area contributed by atoms with Crippen LogP contribution < -0.4 is 0 Å². The van der Waals surface area contributed by atoms with E-state index < -0.39 is 5.92 Å². The molecule has 0 spiro atoms. The molecule has 3 aromatic rings. The maximum atomic E-state index is 14.8. The van der Waals surface area contributed by atoms with Crippen LogP contribution in [0, 0.1) is 12.7 Å². The quantitative estimate of drug-likeness (QED) is 0.611. The second kappa shape index (κ2) is 9.38. The zero-order chi connectivity index (χ0) is 22.7. The van der Waals surface area contributed by atoms with Crippen LogP contribution >= 0.6 is 0 Å². The lowest BCUT2D eigenvalue weighted by Gasteiger charge is -2.34. The normalized spacial score (nSPS) is 15.1. The number of hydrogen-bond acceptors (Lipinski definition) is 4. The van der Waals surface area contributed by atoms with Crippen LogP contribution in [0.4, 0.5) is 9.18 Å². The van der Waals surface area contributed by atoms with Crippen molar-refractivity contribution < 1.29 is 18.7 Å². The average molecular weight is 439 g/mol. The predicted octanol–water partition coefficient (Wildman–Crippen LogP) is 3.60. The molecule has 3 heterocycles. The van der Waals surface area contributed by atoms with Gasteiger partial charge >= 0.3 is 6.09 Å². The molecule has 32 heavy (non-hydrogen) atoms. The van der Waals surface area contributed by atoms with Gasteiger partial charge in [0, 0.05) is 50.9 Å². The molecular formula is C24H27FN4O3. The molecule has 8 heteroatoms. The summed E-state index contributed by atoms with van der Waals surface area (Å²) in [7, 11) is 0. The number of carbonyl (C=O) groups excluding carboxylic acids is 2. The zero-order valence-electron chi connectivity index (χ0n) is 18.3. The number of pyridine rings is 1. The zero-order valence-corrected chi connectivity index (χ0v) is 18.3. The van der Waals surface area contributed by atoms with E-state index in [9.17, 15) is 14.0 Å². The van der Waals surface area contributed by atoms with Gasteiger partial charge in [-0.25, -0.2) is 14.2 Å². The molecule has 1 unspecified atom stereocenters. The fraction of sp³-hybridized carbons (Fsp3) is 0.375. The van der Waals surface area contributed by atoms with Gasteiger partial charge in [-0.3, -0.25) is 4.79 Å². The summed E-state index contributed by atoms with van der Waals surface area (Å²) in [6.45, 7) is 5.76. The van der Waals surface area contributed by atoms with Gasteiger partial charge in [0.05, 0.1) is 12.3 Å². The second-order valence-electron chi connectivity index (χ2n) is 7.96. The molecule has 0 saturated carbocycles. The molecule has 2 amide bonds. The van der Waals surface area contributed by atoms with Crippen molar-refractivity contribution in [3.63, 3.8) is 0 Å². The van der Waals surface area contributed by atoms with Crippen molar-refractivity contribution in [3.05, 3.63) is 71.4 Å². The highest BCUT2D eigenvalue weighted by atomic mass is 19.1. The smallest absolute Gasteiger partial charge is 0.409 e. The Bertz CT molecular complexity index is 1120. The van der Waals surface area contributed by atoms with Crippen molar-refractivity contribution in [1.29, 1.82) is 0 Å². The second-order valence-corrected chi connectivity index (χ2v) is 7.96. The number of benzene rings is 1. The number of aryl methyl sites for hydroxylation is 1. The van der Waals surface area contributed by atoms with E-state index in [1.165, 1.54) is 6.07 Å². The van der Waals surface area contributed by atoms with Crippen LogP contribution in [0.3, 0.4) is 0 Å². The predicted molar refractivity (Wildman–Crippen MR) is 118 cm³/mol. The summed E-state index contributed by atoms with van der Waals surface area (Å²) in [5, 5.41) is 0. The van der Waals surface area contributed by atoms with Crippen molar-refractivity contribution in [2.45, 2.75) is 26.2 Å². The number of rotatable bonds is 5. The number of imidazole rings is 1. The number of halogens is 1. The first-order valence-electron chi connectivity index (χ1n) is 10.9. The van der Waals surface area contributed by atoms with E-state index >= 15 is 0 Å². The summed E-state index contributed by atoms with van der Waals surface area (Å²) in [6, 6.07) is 10.5. The van der Waals surface area contributed by atoms with Crippen LogP contribution in [-0.2, 0) is 9.53 Å². The number of hydrogen-bond donors (Lipinski definition) is 0. The summed E-state index contributed by atoms with van der Waals surface area (Å²) in [4.78, 5) is 33.0. The lowest BCUT2D eigenvalue weighted by molar-refractivity contribution is -0.133. The monoisotopic (exact) mass is 438 g/mol. The van der Waals surface area contributed by atoms with E-state index in [4.69, 9.17) is 4.74 Å². The molecule has 0 N–H and O–H groups in total. The van der Waals surface area contributed by atoms with Gasteiger partial charge in [-0.15, -0.1) is 0 Å². The van der Waals surface area contributed by atoms with Gasteiger partial charge in [0.25, 0.3) is 0 Å². The molecule has 1 saturated heterocycles. The maximum Gasteiger partial charge on any atom is 0.409 e. The Morgan fingerprint density at radius 3 is 2.56 bits per heavy atom. The summed E-state index contributed by atoms with van der Waals surface area (Å²) in [5.74, 6) is -0.909.